The van der Waals surface area contributed by atoms with Crippen LogP contribution in [0.15, 0.2) is 21.3 Å². The third-order valence-electron chi connectivity index (χ3n) is 3.79. The summed E-state index contributed by atoms with van der Waals surface area (Å²) in [4.78, 5) is 44.1. The molecule has 23 heavy (non-hydrogen) atoms. The maximum Gasteiger partial charge on any atom is 0.418 e. The highest BCUT2D eigenvalue weighted by Crippen LogP contribution is 2.18. The van der Waals surface area contributed by atoms with Gasteiger partial charge in [-0.3, -0.25) is 14.6 Å². The van der Waals surface area contributed by atoms with Gasteiger partial charge in [0.25, 0.3) is 5.91 Å². The van der Waals surface area contributed by atoms with Crippen LogP contribution in [0.3, 0.4) is 0 Å². The maximum atomic E-state index is 12.7. The number of carbonyl (C=O) groups excluding carboxylic acids is 2. The lowest BCUT2D eigenvalue weighted by Crippen LogP contribution is -2.57. The Labute approximate surface area is 131 Å². The van der Waals surface area contributed by atoms with Crippen molar-refractivity contribution < 1.29 is 14.0 Å². The van der Waals surface area contributed by atoms with Crippen LogP contribution in [0.5, 0.6) is 0 Å². The molecule has 8 heteroatoms. The monoisotopic (exact) mass is 318 g/mol. The Morgan fingerprint density at radius 2 is 2.22 bits per heavy atom. The number of oxazole rings is 1. The Balaban J connectivity index is 1.91. The number of H-pyrrole nitrogens is 1. The number of piperazine rings is 1. The Morgan fingerprint density at radius 1 is 1.43 bits per heavy atom. The summed E-state index contributed by atoms with van der Waals surface area (Å²) in [6.07, 6.45) is 0.586. The fourth-order valence-electron chi connectivity index (χ4n) is 2.75. The molecule has 0 bridgehead atoms. The predicted octanol–water partition coefficient (Wildman–Crippen LogP) is 0.503. The van der Waals surface area contributed by atoms with Gasteiger partial charge in [0.2, 0.25) is 5.91 Å². The molecule has 1 unspecified atom stereocenters. The van der Waals surface area contributed by atoms with Gasteiger partial charge in [-0.25, -0.2) is 9.78 Å². The van der Waals surface area contributed by atoms with E-state index in [1.807, 2.05) is 13.8 Å². The second kappa shape index (κ2) is 5.86. The van der Waals surface area contributed by atoms with Crippen LogP contribution in [0.2, 0.25) is 0 Å². The van der Waals surface area contributed by atoms with Gasteiger partial charge >= 0.3 is 5.76 Å². The number of hydrogen-bond acceptors (Lipinski definition) is 5. The second-order valence-corrected chi connectivity index (χ2v) is 5.99. The molecule has 0 aliphatic carbocycles. The summed E-state index contributed by atoms with van der Waals surface area (Å²) >= 11 is 0. The third-order valence-corrected chi connectivity index (χ3v) is 3.79. The first-order chi connectivity index (χ1) is 11.0. The van der Waals surface area contributed by atoms with Crippen molar-refractivity contribution >= 4 is 23.0 Å². The lowest BCUT2D eigenvalue weighted by atomic mass is 9.99. The number of fused-ring (bicyclic) bond motifs is 1. The molecule has 122 valence electrons. The molecule has 0 spiro atoms. The zero-order valence-electron chi connectivity index (χ0n) is 13.0. The van der Waals surface area contributed by atoms with E-state index < -0.39 is 11.8 Å². The molecular formula is C15H18N4O4. The highest BCUT2D eigenvalue weighted by molar-refractivity contribution is 5.97. The minimum absolute atomic E-state index is 0.143. The number of nitrogens with one attached hydrogen (secondary N) is 2. The average Bonchev–Trinajstić information content (AvgIpc) is 2.87. The molecule has 1 aliphatic heterocycles. The lowest BCUT2D eigenvalue weighted by Gasteiger charge is -2.35. The number of pyridine rings is 1. The smallest absolute Gasteiger partial charge is 0.406 e. The van der Waals surface area contributed by atoms with E-state index in [0.29, 0.717) is 25.1 Å². The molecule has 0 saturated carbocycles. The zero-order chi connectivity index (χ0) is 16.6. The summed E-state index contributed by atoms with van der Waals surface area (Å²) in [5, 5.41) is 2.79. The predicted molar refractivity (Wildman–Crippen MR) is 81.9 cm³/mol. The molecule has 3 heterocycles. The number of aromatic amines is 1. The Kier molecular flexibility index (Phi) is 3.89. The molecule has 1 atom stereocenters. The standard InChI is InChI=1S/C15H18N4O4/c1-8(2)7-10-13(20)16-5-6-19(10)14(21)9-3-4-11-12(17-9)18-15(22)23-11/h3-4,8,10H,5-7H2,1-2H3,(H,16,20)(H,17,18,22). The van der Waals surface area contributed by atoms with Gasteiger partial charge in [-0.2, -0.15) is 0 Å². The quantitative estimate of drug-likeness (QED) is 0.857. The molecule has 8 nitrogen and oxygen atoms in total. The number of carbonyl (C=O) groups is 2. The number of nitrogens with zero attached hydrogens (tertiary/aromatic N) is 2. The van der Waals surface area contributed by atoms with Crippen LogP contribution in [0.25, 0.3) is 11.2 Å². The van der Waals surface area contributed by atoms with Gasteiger partial charge < -0.3 is 14.6 Å². The first-order valence-corrected chi connectivity index (χ1v) is 7.54. The second-order valence-electron chi connectivity index (χ2n) is 5.99. The molecule has 2 aromatic rings. The van der Waals surface area contributed by atoms with Gasteiger partial charge in [-0.1, -0.05) is 13.8 Å². The van der Waals surface area contributed by atoms with Crippen molar-refractivity contribution in [2.45, 2.75) is 26.3 Å². The largest absolute Gasteiger partial charge is 0.418 e. The number of rotatable bonds is 3. The third kappa shape index (κ3) is 2.96. The van der Waals surface area contributed by atoms with Gasteiger partial charge in [-0.15, -0.1) is 0 Å². The van der Waals surface area contributed by atoms with Crippen molar-refractivity contribution in [1.82, 2.24) is 20.2 Å². The van der Waals surface area contributed by atoms with Gasteiger partial charge in [-0.05, 0) is 24.5 Å². The summed E-state index contributed by atoms with van der Waals surface area (Å²) < 4.78 is 4.88. The fourth-order valence-corrected chi connectivity index (χ4v) is 2.75. The summed E-state index contributed by atoms with van der Waals surface area (Å²) in [5.74, 6) is -0.808. The summed E-state index contributed by atoms with van der Waals surface area (Å²) in [7, 11) is 0. The lowest BCUT2D eigenvalue weighted by molar-refractivity contribution is -0.128. The van der Waals surface area contributed by atoms with Gasteiger partial charge in [0.1, 0.15) is 11.7 Å². The maximum absolute atomic E-state index is 12.7. The van der Waals surface area contributed by atoms with E-state index in [0.717, 1.165) is 0 Å². The van der Waals surface area contributed by atoms with E-state index in [1.54, 1.807) is 4.90 Å². The molecule has 2 aromatic heterocycles. The van der Waals surface area contributed by atoms with E-state index in [-0.39, 0.29) is 29.1 Å². The number of aromatic nitrogens is 2. The average molecular weight is 318 g/mol. The first-order valence-electron chi connectivity index (χ1n) is 7.54. The van der Waals surface area contributed by atoms with Crippen molar-refractivity contribution in [3.8, 4) is 0 Å². The van der Waals surface area contributed by atoms with E-state index in [9.17, 15) is 14.4 Å². The molecule has 0 radical (unpaired) electrons. The summed E-state index contributed by atoms with van der Waals surface area (Å²) in [5.41, 5.74) is 0.697. The minimum Gasteiger partial charge on any atom is -0.406 e. The fraction of sp³-hybridized carbons (Fsp3) is 0.467. The van der Waals surface area contributed by atoms with Crippen LogP contribution in [0.1, 0.15) is 30.8 Å². The normalized spacial score (nSPS) is 18.5. The van der Waals surface area contributed by atoms with Gasteiger partial charge in [0.15, 0.2) is 11.2 Å². The van der Waals surface area contributed by atoms with Crippen LogP contribution >= 0.6 is 0 Å². The topological polar surface area (TPSA) is 108 Å². The van der Waals surface area contributed by atoms with Gasteiger partial charge in [0, 0.05) is 13.1 Å². The Bertz CT molecular complexity index is 807. The van der Waals surface area contributed by atoms with Crippen molar-refractivity contribution in [1.29, 1.82) is 0 Å². The zero-order valence-corrected chi connectivity index (χ0v) is 13.0. The van der Waals surface area contributed by atoms with E-state index in [2.05, 4.69) is 15.3 Å². The van der Waals surface area contributed by atoms with E-state index >= 15 is 0 Å². The van der Waals surface area contributed by atoms with Crippen molar-refractivity contribution in [2.24, 2.45) is 5.92 Å². The molecular weight excluding hydrogens is 300 g/mol. The summed E-state index contributed by atoms with van der Waals surface area (Å²) in [6.45, 7) is 4.86. The van der Waals surface area contributed by atoms with Crippen molar-refractivity contribution in [3.63, 3.8) is 0 Å². The molecule has 1 fully saturated rings. The number of amides is 2. The molecule has 1 aliphatic rings. The molecule has 1 saturated heterocycles. The van der Waals surface area contributed by atoms with E-state index in [4.69, 9.17) is 4.42 Å². The number of hydrogen-bond donors (Lipinski definition) is 2. The van der Waals surface area contributed by atoms with Crippen LogP contribution in [0.4, 0.5) is 0 Å². The molecule has 3 rings (SSSR count). The highest BCUT2D eigenvalue weighted by Gasteiger charge is 2.34. The van der Waals surface area contributed by atoms with Crippen LogP contribution in [-0.2, 0) is 4.79 Å². The Morgan fingerprint density at radius 3 is 2.96 bits per heavy atom. The van der Waals surface area contributed by atoms with Crippen molar-refractivity contribution in [3.05, 3.63) is 28.4 Å². The molecule has 2 N–H and O–H groups in total. The van der Waals surface area contributed by atoms with Crippen LogP contribution in [0, 0.1) is 5.92 Å². The highest BCUT2D eigenvalue weighted by atomic mass is 16.4. The minimum atomic E-state index is -0.618. The van der Waals surface area contributed by atoms with Crippen LogP contribution < -0.4 is 11.1 Å². The van der Waals surface area contributed by atoms with Crippen LogP contribution in [-0.4, -0.2) is 45.8 Å². The summed E-state index contributed by atoms with van der Waals surface area (Å²) in [6, 6.07) is 2.52. The molecule has 0 aromatic carbocycles. The first kappa shape index (κ1) is 15.3. The SMILES string of the molecule is CC(C)CC1C(=O)NCCN1C(=O)c1ccc2oc(=O)[nH]c2n1. The molecule has 2 amide bonds. The van der Waals surface area contributed by atoms with Crippen molar-refractivity contribution in [2.75, 3.05) is 13.1 Å². The Hall–Kier alpha value is -2.64. The van der Waals surface area contributed by atoms with E-state index in [1.165, 1.54) is 12.1 Å². The van der Waals surface area contributed by atoms with Gasteiger partial charge in [0.05, 0.1) is 0 Å².